The first kappa shape index (κ1) is 13.7. The number of nitrogens with zero attached hydrogens (tertiary/aromatic N) is 3. The summed E-state index contributed by atoms with van der Waals surface area (Å²) >= 11 is 0. The van der Waals surface area contributed by atoms with E-state index in [1.54, 1.807) is 0 Å². The zero-order valence-electron chi connectivity index (χ0n) is 13.7. The zero-order valence-corrected chi connectivity index (χ0v) is 13.7. The molecule has 1 aliphatic carbocycles. The highest BCUT2D eigenvalue weighted by Crippen LogP contribution is 2.56. The molecule has 1 spiro atoms. The van der Waals surface area contributed by atoms with E-state index in [1.165, 1.54) is 37.9 Å². The lowest BCUT2D eigenvalue weighted by molar-refractivity contribution is -0.0335. The summed E-state index contributed by atoms with van der Waals surface area (Å²) in [5, 5.41) is 1.15. The average Bonchev–Trinajstić information content (AvgIpc) is 3.37. The van der Waals surface area contributed by atoms with Crippen LogP contribution in [0.15, 0.2) is 24.4 Å². The van der Waals surface area contributed by atoms with Crippen LogP contribution in [0.3, 0.4) is 0 Å². The molecule has 4 nitrogen and oxygen atoms in total. The SMILES string of the molecule is Cc1ncc2cccc(N3CC4(CCOCC4)C3C3CC3)c2n1. The molecule has 0 amide bonds. The molecule has 2 aliphatic heterocycles. The van der Waals surface area contributed by atoms with Gasteiger partial charge in [0.1, 0.15) is 5.82 Å². The molecule has 0 N–H and O–H groups in total. The number of aromatic nitrogens is 2. The molecule has 1 aromatic heterocycles. The van der Waals surface area contributed by atoms with Crippen molar-refractivity contribution in [1.29, 1.82) is 0 Å². The molecule has 2 saturated heterocycles. The third-order valence-electron chi connectivity index (χ3n) is 6.02. The average molecular weight is 309 g/mol. The van der Waals surface area contributed by atoms with Crippen molar-refractivity contribution in [1.82, 2.24) is 9.97 Å². The molecule has 4 heteroatoms. The largest absolute Gasteiger partial charge is 0.381 e. The van der Waals surface area contributed by atoms with Crippen molar-refractivity contribution in [2.45, 2.75) is 38.6 Å². The third kappa shape index (κ3) is 2.08. The number of fused-ring (bicyclic) bond motifs is 1. The summed E-state index contributed by atoms with van der Waals surface area (Å²) in [6.45, 7) is 5.02. The number of hydrogen-bond acceptors (Lipinski definition) is 4. The van der Waals surface area contributed by atoms with E-state index in [1.807, 2.05) is 13.1 Å². The number of aryl methyl sites for hydroxylation is 1. The monoisotopic (exact) mass is 309 g/mol. The fraction of sp³-hybridized carbons (Fsp3) is 0.579. The number of ether oxygens (including phenoxy) is 1. The Morgan fingerprint density at radius 2 is 2.04 bits per heavy atom. The van der Waals surface area contributed by atoms with Crippen LogP contribution in [0.4, 0.5) is 5.69 Å². The van der Waals surface area contributed by atoms with Gasteiger partial charge in [0, 0.05) is 42.8 Å². The van der Waals surface area contributed by atoms with Crippen molar-refractivity contribution < 1.29 is 4.74 Å². The van der Waals surface area contributed by atoms with Gasteiger partial charge in [-0.05, 0) is 44.6 Å². The van der Waals surface area contributed by atoms with E-state index in [4.69, 9.17) is 9.72 Å². The molecule has 1 saturated carbocycles. The fourth-order valence-corrected chi connectivity index (χ4v) is 4.74. The van der Waals surface area contributed by atoms with Crippen molar-refractivity contribution >= 4 is 16.6 Å². The van der Waals surface area contributed by atoms with Crippen molar-refractivity contribution in [2.24, 2.45) is 11.3 Å². The normalized spacial score (nSPS) is 26.5. The minimum absolute atomic E-state index is 0.490. The summed E-state index contributed by atoms with van der Waals surface area (Å²) in [4.78, 5) is 11.7. The Morgan fingerprint density at radius 3 is 2.83 bits per heavy atom. The molecular formula is C19H23N3O. The van der Waals surface area contributed by atoms with E-state index in [2.05, 4.69) is 28.1 Å². The Hall–Kier alpha value is -1.68. The first-order valence-electron chi connectivity index (χ1n) is 8.84. The summed E-state index contributed by atoms with van der Waals surface area (Å²) in [6.07, 6.45) is 7.19. The maximum Gasteiger partial charge on any atom is 0.125 e. The van der Waals surface area contributed by atoms with Crippen molar-refractivity contribution in [3.05, 3.63) is 30.2 Å². The van der Waals surface area contributed by atoms with Gasteiger partial charge in [-0.2, -0.15) is 0 Å². The van der Waals surface area contributed by atoms with Gasteiger partial charge in [-0.15, -0.1) is 0 Å². The zero-order chi connectivity index (χ0) is 15.4. The highest BCUT2D eigenvalue weighted by molar-refractivity contribution is 5.91. The number of hydrogen-bond donors (Lipinski definition) is 0. The highest BCUT2D eigenvalue weighted by atomic mass is 16.5. The quantitative estimate of drug-likeness (QED) is 0.853. The van der Waals surface area contributed by atoms with Crippen LogP contribution < -0.4 is 4.90 Å². The van der Waals surface area contributed by atoms with Crippen molar-refractivity contribution in [3.63, 3.8) is 0 Å². The van der Waals surface area contributed by atoms with E-state index in [-0.39, 0.29) is 0 Å². The smallest absolute Gasteiger partial charge is 0.125 e. The lowest BCUT2D eigenvalue weighted by atomic mass is 9.64. The number of anilines is 1. The fourth-order valence-electron chi connectivity index (χ4n) is 4.74. The molecule has 3 aliphatic rings. The summed E-state index contributed by atoms with van der Waals surface area (Å²) < 4.78 is 5.64. The molecule has 5 rings (SSSR count). The van der Waals surface area contributed by atoms with Gasteiger partial charge >= 0.3 is 0 Å². The molecular weight excluding hydrogens is 286 g/mol. The van der Waals surface area contributed by atoms with Crippen LogP contribution in [-0.2, 0) is 4.74 Å². The van der Waals surface area contributed by atoms with E-state index >= 15 is 0 Å². The van der Waals surface area contributed by atoms with Crippen LogP contribution >= 0.6 is 0 Å². The second-order valence-electron chi connectivity index (χ2n) is 7.52. The van der Waals surface area contributed by atoms with E-state index < -0.39 is 0 Å². The van der Waals surface area contributed by atoms with Gasteiger partial charge in [-0.1, -0.05) is 12.1 Å². The Labute approximate surface area is 136 Å². The Kier molecular flexibility index (Phi) is 2.93. The van der Waals surface area contributed by atoms with E-state index in [0.717, 1.165) is 35.9 Å². The predicted octanol–water partition coefficient (Wildman–Crippen LogP) is 3.33. The summed E-state index contributed by atoms with van der Waals surface area (Å²) in [5.41, 5.74) is 2.92. The second-order valence-corrected chi connectivity index (χ2v) is 7.52. The minimum Gasteiger partial charge on any atom is -0.381 e. The lowest BCUT2D eigenvalue weighted by Gasteiger charge is -2.61. The molecule has 0 bridgehead atoms. The van der Waals surface area contributed by atoms with Gasteiger partial charge < -0.3 is 9.64 Å². The molecule has 23 heavy (non-hydrogen) atoms. The first-order valence-corrected chi connectivity index (χ1v) is 8.84. The molecule has 3 fully saturated rings. The number of rotatable bonds is 2. The molecule has 1 atom stereocenters. The minimum atomic E-state index is 0.490. The van der Waals surface area contributed by atoms with Gasteiger partial charge in [0.2, 0.25) is 0 Å². The maximum atomic E-state index is 5.64. The van der Waals surface area contributed by atoms with Crippen molar-refractivity contribution in [3.8, 4) is 0 Å². The van der Waals surface area contributed by atoms with E-state index in [9.17, 15) is 0 Å². The Balaban J connectivity index is 1.56. The highest BCUT2D eigenvalue weighted by Gasteiger charge is 2.58. The topological polar surface area (TPSA) is 38.2 Å². The third-order valence-corrected chi connectivity index (χ3v) is 6.02. The molecule has 3 heterocycles. The summed E-state index contributed by atoms with van der Waals surface area (Å²) in [7, 11) is 0. The number of para-hydroxylation sites is 1. The Bertz CT molecular complexity index is 749. The second kappa shape index (κ2) is 4.91. The maximum absolute atomic E-state index is 5.64. The van der Waals surface area contributed by atoms with E-state index in [0.29, 0.717) is 11.5 Å². The van der Waals surface area contributed by atoms with Crippen molar-refractivity contribution in [2.75, 3.05) is 24.7 Å². The molecule has 1 aromatic carbocycles. The van der Waals surface area contributed by atoms with Crippen LogP contribution in [0.25, 0.3) is 10.9 Å². The van der Waals surface area contributed by atoms with Gasteiger partial charge in [-0.25, -0.2) is 9.97 Å². The van der Waals surface area contributed by atoms with Gasteiger partial charge in [0.15, 0.2) is 0 Å². The molecule has 0 radical (unpaired) electrons. The molecule has 120 valence electrons. The molecule has 1 unspecified atom stereocenters. The molecule has 2 aromatic rings. The predicted molar refractivity (Wildman–Crippen MR) is 90.6 cm³/mol. The van der Waals surface area contributed by atoms with Gasteiger partial charge in [0.05, 0.1) is 11.2 Å². The Morgan fingerprint density at radius 1 is 1.22 bits per heavy atom. The number of benzene rings is 1. The van der Waals surface area contributed by atoms with Crippen LogP contribution in [0.1, 0.15) is 31.5 Å². The van der Waals surface area contributed by atoms with Gasteiger partial charge in [0.25, 0.3) is 0 Å². The van der Waals surface area contributed by atoms with Crippen LogP contribution in [0.2, 0.25) is 0 Å². The summed E-state index contributed by atoms with van der Waals surface area (Å²) in [5.74, 6) is 1.73. The summed E-state index contributed by atoms with van der Waals surface area (Å²) in [6, 6.07) is 7.20. The standard InChI is InChI=1S/C19H23N3O/c1-13-20-11-15-3-2-4-16(17(15)21-13)22-12-19(7-9-23-10-8-19)18(22)14-5-6-14/h2-4,11,14,18H,5-10,12H2,1H3. The first-order chi connectivity index (χ1) is 11.3. The van der Waals surface area contributed by atoms with Gasteiger partial charge in [-0.3, -0.25) is 0 Å². The lowest BCUT2D eigenvalue weighted by Crippen LogP contribution is -2.67. The van der Waals surface area contributed by atoms with Crippen LogP contribution in [0, 0.1) is 18.3 Å². The van der Waals surface area contributed by atoms with Crippen LogP contribution in [-0.4, -0.2) is 35.8 Å². The van der Waals surface area contributed by atoms with Crippen LogP contribution in [0.5, 0.6) is 0 Å².